The molecule has 0 bridgehead atoms. The molecule has 0 aromatic rings. The van der Waals surface area contributed by atoms with Gasteiger partial charge in [-0.25, -0.2) is 0 Å². The third kappa shape index (κ3) is 6.00. The molecule has 0 fully saturated rings. The maximum absolute atomic E-state index is 12.0. The summed E-state index contributed by atoms with van der Waals surface area (Å²) >= 11 is 0. The first-order chi connectivity index (χ1) is 12.7. The lowest BCUT2D eigenvalue weighted by Gasteiger charge is -2.18. The van der Waals surface area contributed by atoms with Crippen LogP contribution in [0, 0.1) is 5.92 Å². The van der Waals surface area contributed by atoms with Gasteiger partial charge in [0, 0.05) is 11.9 Å². The number of amides is 2. The van der Waals surface area contributed by atoms with Gasteiger partial charge >= 0.3 is 0 Å². The van der Waals surface area contributed by atoms with E-state index in [0.29, 0.717) is 17.1 Å². The molecule has 2 heterocycles. The fraction of sp³-hybridized carbons (Fsp3) is 0.727. The topological polar surface area (TPSA) is 58.2 Å². The first kappa shape index (κ1) is 20.7. The van der Waals surface area contributed by atoms with E-state index in [1.165, 1.54) is 77.0 Å². The van der Waals surface area contributed by atoms with Crippen molar-refractivity contribution in [1.29, 1.82) is 0 Å². The van der Waals surface area contributed by atoms with Crippen LogP contribution in [0.1, 0.15) is 97.3 Å². The van der Waals surface area contributed by atoms with Crippen molar-refractivity contribution >= 4 is 11.8 Å². The fourth-order valence-corrected chi connectivity index (χ4v) is 4.01. The summed E-state index contributed by atoms with van der Waals surface area (Å²) in [4.78, 5) is 24.1. The Morgan fingerprint density at radius 3 is 2.04 bits per heavy atom. The van der Waals surface area contributed by atoms with Crippen LogP contribution in [0.5, 0.6) is 0 Å². The summed E-state index contributed by atoms with van der Waals surface area (Å²) in [6, 6.07) is 0. The molecule has 2 rings (SSSR count). The minimum Gasteiger partial charge on any atom is -0.328 e. The number of nitrogens with one attached hydrogen (secondary N) is 2. The van der Waals surface area contributed by atoms with Gasteiger partial charge in [0.2, 0.25) is 0 Å². The molecule has 0 saturated carbocycles. The first-order valence-electron chi connectivity index (χ1n) is 10.7. The number of unbranched alkanes of at least 4 members (excludes halogenated alkanes) is 8. The van der Waals surface area contributed by atoms with Crippen LogP contribution in [0.15, 0.2) is 23.0 Å². The van der Waals surface area contributed by atoms with Crippen LogP contribution in [0.4, 0.5) is 0 Å². The fourth-order valence-electron chi connectivity index (χ4n) is 4.01. The Balaban J connectivity index is 1.87. The second-order valence-electron chi connectivity index (χ2n) is 7.82. The molecule has 0 saturated heterocycles. The van der Waals surface area contributed by atoms with Gasteiger partial charge in [-0.05, 0) is 12.3 Å². The largest absolute Gasteiger partial charge is 0.328 e. The number of fused-ring (bicyclic) bond motifs is 1. The molecule has 146 valence electrons. The standard InChI is InChI=1S/C22H36N2O2/c1-3-5-7-9-10-12-14-17(13-11-8-6-4-2)15-19-20-18(21(25)24-19)16-23-22(20)26/h16-17H,3-15H2,1-2H3,(H,23,26)(H,24,25). The molecule has 1 atom stereocenters. The van der Waals surface area contributed by atoms with Crippen LogP contribution >= 0.6 is 0 Å². The molecule has 0 aromatic heterocycles. The average Bonchev–Trinajstić information content (AvgIpc) is 3.16. The zero-order chi connectivity index (χ0) is 18.8. The van der Waals surface area contributed by atoms with Gasteiger partial charge in [0.15, 0.2) is 0 Å². The van der Waals surface area contributed by atoms with Crippen LogP contribution in [0.2, 0.25) is 0 Å². The van der Waals surface area contributed by atoms with Crippen LogP contribution in [-0.4, -0.2) is 11.8 Å². The molecular formula is C22H36N2O2. The minimum absolute atomic E-state index is 0.127. The highest BCUT2D eigenvalue weighted by atomic mass is 16.2. The molecule has 2 N–H and O–H groups in total. The molecule has 0 aliphatic carbocycles. The van der Waals surface area contributed by atoms with Gasteiger partial charge in [-0.1, -0.05) is 90.9 Å². The van der Waals surface area contributed by atoms with Crippen molar-refractivity contribution in [2.45, 2.75) is 97.3 Å². The predicted molar refractivity (Wildman–Crippen MR) is 106 cm³/mol. The number of carbonyl (C=O) groups is 2. The molecule has 4 heteroatoms. The van der Waals surface area contributed by atoms with E-state index in [9.17, 15) is 9.59 Å². The van der Waals surface area contributed by atoms with Gasteiger partial charge in [-0.2, -0.15) is 0 Å². The Morgan fingerprint density at radius 1 is 0.808 bits per heavy atom. The van der Waals surface area contributed by atoms with Crippen molar-refractivity contribution < 1.29 is 9.59 Å². The quantitative estimate of drug-likeness (QED) is 0.423. The highest BCUT2D eigenvalue weighted by Crippen LogP contribution is 2.32. The second-order valence-corrected chi connectivity index (χ2v) is 7.82. The van der Waals surface area contributed by atoms with Gasteiger partial charge in [0.1, 0.15) is 0 Å². The molecule has 2 amide bonds. The zero-order valence-corrected chi connectivity index (χ0v) is 16.7. The highest BCUT2D eigenvalue weighted by molar-refractivity contribution is 6.18. The van der Waals surface area contributed by atoms with Crippen molar-refractivity contribution in [1.82, 2.24) is 10.6 Å². The van der Waals surface area contributed by atoms with Crippen LogP contribution in [-0.2, 0) is 9.59 Å². The lowest BCUT2D eigenvalue weighted by atomic mass is 9.89. The molecule has 0 aromatic carbocycles. The molecule has 26 heavy (non-hydrogen) atoms. The number of hydrogen-bond acceptors (Lipinski definition) is 2. The number of allylic oxidation sites excluding steroid dienone is 1. The van der Waals surface area contributed by atoms with Gasteiger partial charge in [0.25, 0.3) is 11.8 Å². The lowest BCUT2D eigenvalue weighted by molar-refractivity contribution is -0.117. The van der Waals surface area contributed by atoms with Gasteiger partial charge in [-0.3, -0.25) is 9.59 Å². The number of carbonyl (C=O) groups excluding carboxylic acids is 2. The van der Waals surface area contributed by atoms with Gasteiger partial charge in [-0.15, -0.1) is 0 Å². The number of rotatable bonds is 14. The van der Waals surface area contributed by atoms with E-state index in [1.54, 1.807) is 6.20 Å². The van der Waals surface area contributed by atoms with Crippen LogP contribution in [0.3, 0.4) is 0 Å². The molecule has 4 nitrogen and oxygen atoms in total. The van der Waals surface area contributed by atoms with E-state index < -0.39 is 0 Å². The third-order valence-corrected chi connectivity index (χ3v) is 5.58. The summed E-state index contributed by atoms with van der Waals surface area (Å²) in [5.41, 5.74) is 1.97. The van der Waals surface area contributed by atoms with Crippen LogP contribution < -0.4 is 10.6 Å². The van der Waals surface area contributed by atoms with Crippen molar-refractivity contribution in [3.05, 3.63) is 23.0 Å². The van der Waals surface area contributed by atoms with Crippen molar-refractivity contribution in [3.8, 4) is 0 Å². The maximum atomic E-state index is 12.0. The zero-order valence-electron chi connectivity index (χ0n) is 16.7. The maximum Gasteiger partial charge on any atom is 0.257 e. The highest BCUT2D eigenvalue weighted by Gasteiger charge is 2.36. The SMILES string of the molecule is CCCCCCCCC(CCCCCC)CC1=C2C(=O)NC=C2C(=O)N1. The average molecular weight is 361 g/mol. The Kier molecular flexibility index (Phi) is 8.93. The lowest BCUT2D eigenvalue weighted by Crippen LogP contribution is -2.21. The third-order valence-electron chi connectivity index (χ3n) is 5.58. The van der Waals surface area contributed by atoms with E-state index in [1.807, 2.05) is 0 Å². The summed E-state index contributed by atoms with van der Waals surface area (Å²) in [5.74, 6) is 0.309. The summed E-state index contributed by atoms with van der Waals surface area (Å²) in [5, 5.41) is 5.62. The van der Waals surface area contributed by atoms with Crippen LogP contribution in [0.25, 0.3) is 0 Å². The smallest absolute Gasteiger partial charge is 0.257 e. The summed E-state index contributed by atoms with van der Waals surface area (Å²) < 4.78 is 0. The monoisotopic (exact) mass is 360 g/mol. The van der Waals surface area contributed by atoms with E-state index in [2.05, 4.69) is 24.5 Å². The molecule has 0 radical (unpaired) electrons. The van der Waals surface area contributed by atoms with Crippen molar-refractivity contribution in [3.63, 3.8) is 0 Å². The van der Waals surface area contributed by atoms with E-state index in [0.717, 1.165) is 12.1 Å². The Hall–Kier alpha value is -1.58. The molecular weight excluding hydrogens is 324 g/mol. The van der Waals surface area contributed by atoms with Gasteiger partial charge < -0.3 is 10.6 Å². The Morgan fingerprint density at radius 2 is 1.38 bits per heavy atom. The van der Waals surface area contributed by atoms with E-state index in [4.69, 9.17) is 0 Å². The van der Waals surface area contributed by atoms with E-state index >= 15 is 0 Å². The molecule has 1 unspecified atom stereocenters. The van der Waals surface area contributed by atoms with Crippen molar-refractivity contribution in [2.75, 3.05) is 0 Å². The predicted octanol–water partition coefficient (Wildman–Crippen LogP) is 5.11. The summed E-state index contributed by atoms with van der Waals surface area (Å²) in [6.07, 6.45) is 17.7. The van der Waals surface area contributed by atoms with E-state index in [-0.39, 0.29) is 11.8 Å². The first-order valence-corrected chi connectivity index (χ1v) is 10.7. The Bertz CT molecular complexity index is 548. The molecule has 2 aliphatic heterocycles. The molecule has 0 spiro atoms. The summed E-state index contributed by atoms with van der Waals surface area (Å²) in [7, 11) is 0. The summed E-state index contributed by atoms with van der Waals surface area (Å²) in [6.45, 7) is 4.49. The second kappa shape index (κ2) is 11.2. The number of hydrogen-bond donors (Lipinski definition) is 2. The Labute approximate surface area is 158 Å². The van der Waals surface area contributed by atoms with Crippen molar-refractivity contribution in [2.24, 2.45) is 5.92 Å². The van der Waals surface area contributed by atoms with Gasteiger partial charge in [0.05, 0.1) is 11.1 Å². The normalized spacial score (nSPS) is 17.2. The molecule has 2 aliphatic rings. The minimum atomic E-state index is -0.127.